The van der Waals surface area contributed by atoms with Crippen LogP contribution in [0.5, 0.6) is 5.75 Å². The van der Waals surface area contributed by atoms with E-state index in [0.29, 0.717) is 5.56 Å². The van der Waals surface area contributed by atoms with Crippen molar-refractivity contribution in [1.82, 2.24) is 0 Å². The molecular formula is C15H13F4NO3. The van der Waals surface area contributed by atoms with Crippen molar-refractivity contribution in [3.63, 3.8) is 0 Å². The minimum Gasteiger partial charge on any atom is -0.491 e. The van der Waals surface area contributed by atoms with E-state index in [-0.39, 0.29) is 17.2 Å². The molecule has 8 heteroatoms. The molecule has 0 spiro atoms. The maximum absolute atomic E-state index is 13.2. The van der Waals surface area contributed by atoms with Gasteiger partial charge in [-0.2, -0.15) is 13.2 Å². The van der Waals surface area contributed by atoms with Crippen LogP contribution in [0.25, 0.3) is 0 Å². The summed E-state index contributed by atoms with van der Waals surface area (Å²) in [6.07, 6.45) is -4.24. The molecule has 0 bridgehead atoms. The van der Waals surface area contributed by atoms with Crippen LogP contribution in [0.3, 0.4) is 0 Å². The van der Waals surface area contributed by atoms with Crippen molar-refractivity contribution < 1.29 is 31.5 Å². The number of furan rings is 1. The van der Waals surface area contributed by atoms with Gasteiger partial charge in [-0.3, -0.25) is 4.79 Å². The lowest BCUT2D eigenvalue weighted by Gasteiger charge is -2.13. The van der Waals surface area contributed by atoms with E-state index in [1.54, 1.807) is 13.0 Å². The van der Waals surface area contributed by atoms with Crippen LogP contribution in [0, 0.1) is 12.7 Å². The molecule has 0 atom stereocenters. The van der Waals surface area contributed by atoms with Gasteiger partial charge in [0.25, 0.3) is 5.91 Å². The summed E-state index contributed by atoms with van der Waals surface area (Å²) in [5, 5.41) is 2.42. The van der Waals surface area contributed by atoms with Crippen LogP contribution in [-0.4, -0.2) is 18.7 Å². The molecule has 0 fully saturated rings. The number of anilines is 1. The number of rotatable bonds is 5. The first-order valence-corrected chi connectivity index (χ1v) is 6.61. The van der Waals surface area contributed by atoms with Crippen LogP contribution in [0.4, 0.5) is 23.2 Å². The van der Waals surface area contributed by atoms with Gasteiger partial charge in [-0.15, -0.1) is 0 Å². The molecule has 0 aliphatic heterocycles. The number of halogens is 4. The number of nitrogens with one attached hydrogen (secondary N) is 1. The monoisotopic (exact) mass is 331 g/mol. The zero-order valence-corrected chi connectivity index (χ0v) is 12.0. The molecule has 1 amide bonds. The van der Waals surface area contributed by atoms with Crippen molar-refractivity contribution in [3.05, 3.63) is 47.7 Å². The van der Waals surface area contributed by atoms with E-state index in [2.05, 4.69) is 5.32 Å². The van der Waals surface area contributed by atoms with Crippen molar-refractivity contribution in [2.24, 2.45) is 0 Å². The Labute approximate surface area is 129 Å². The molecule has 2 rings (SSSR count). The number of benzene rings is 1. The second kappa shape index (κ2) is 6.72. The molecular weight excluding hydrogens is 318 g/mol. The van der Waals surface area contributed by atoms with Crippen molar-refractivity contribution in [2.45, 2.75) is 19.5 Å². The van der Waals surface area contributed by atoms with E-state index in [0.717, 1.165) is 12.1 Å². The number of hydrogen-bond acceptors (Lipinski definition) is 3. The molecule has 1 aromatic carbocycles. The zero-order chi connectivity index (χ0) is 17.0. The molecule has 0 unspecified atom stereocenters. The van der Waals surface area contributed by atoms with Crippen molar-refractivity contribution >= 4 is 11.6 Å². The van der Waals surface area contributed by atoms with Gasteiger partial charge in [-0.05, 0) is 25.1 Å². The van der Waals surface area contributed by atoms with Crippen LogP contribution in [0.15, 0.2) is 34.9 Å². The minimum atomic E-state index is -4.39. The molecule has 1 heterocycles. The van der Waals surface area contributed by atoms with E-state index in [9.17, 15) is 22.4 Å². The molecule has 124 valence electrons. The highest BCUT2D eigenvalue weighted by Crippen LogP contribution is 2.28. The third-order valence-electron chi connectivity index (χ3n) is 2.90. The molecule has 1 N–H and O–H groups in total. The lowest BCUT2D eigenvalue weighted by Crippen LogP contribution is -2.16. The second-order valence-corrected chi connectivity index (χ2v) is 4.74. The Kier molecular flexibility index (Phi) is 4.92. The Balaban J connectivity index is 2.12. The number of ether oxygens (including phenoxy) is 1. The van der Waals surface area contributed by atoms with Gasteiger partial charge in [0.1, 0.15) is 11.6 Å². The lowest BCUT2D eigenvalue weighted by atomic mass is 10.2. The average molecular weight is 331 g/mol. The summed E-state index contributed by atoms with van der Waals surface area (Å²) < 4.78 is 59.6. The number of aryl methyl sites for hydroxylation is 1. The first kappa shape index (κ1) is 16.9. The first-order valence-electron chi connectivity index (χ1n) is 6.61. The number of carbonyl (C=O) groups excluding carboxylic acids is 1. The molecule has 0 radical (unpaired) electrons. The Morgan fingerprint density at radius 3 is 2.65 bits per heavy atom. The van der Waals surface area contributed by atoms with Crippen LogP contribution in [0.2, 0.25) is 0 Å². The first-order chi connectivity index (χ1) is 10.8. The predicted molar refractivity (Wildman–Crippen MR) is 74.0 cm³/mol. The van der Waals surface area contributed by atoms with Crippen molar-refractivity contribution in [1.29, 1.82) is 0 Å². The van der Waals surface area contributed by atoms with Gasteiger partial charge >= 0.3 is 6.18 Å². The quantitative estimate of drug-likeness (QED) is 0.831. The predicted octanol–water partition coefficient (Wildman–Crippen LogP) is 4.31. The molecule has 0 saturated heterocycles. The standard InChI is InChI=1S/C15H13F4NO3/c1-9-4-6-23-13(9)14(21)20-11-3-2-10(16)8-12(11)22-7-5-15(17,18)19/h2-4,6,8H,5,7H2,1H3,(H,20,21). The Bertz CT molecular complexity index is 694. The highest BCUT2D eigenvalue weighted by atomic mass is 19.4. The van der Waals surface area contributed by atoms with E-state index in [1.807, 2.05) is 0 Å². The number of hydrogen-bond donors (Lipinski definition) is 1. The minimum absolute atomic E-state index is 0.0503. The number of alkyl halides is 3. The molecule has 0 saturated carbocycles. The summed E-state index contributed by atoms with van der Waals surface area (Å²) >= 11 is 0. The summed E-state index contributed by atoms with van der Waals surface area (Å²) in [5.41, 5.74) is 0.638. The zero-order valence-electron chi connectivity index (χ0n) is 12.0. The van der Waals surface area contributed by atoms with Gasteiger partial charge in [0.2, 0.25) is 0 Å². The second-order valence-electron chi connectivity index (χ2n) is 4.74. The fraction of sp³-hybridized carbons (Fsp3) is 0.267. The van der Waals surface area contributed by atoms with Crippen molar-refractivity contribution in [2.75, 3.05) is 11.9 Å². The number of amides is 1. The van der Waals surface area contributed by atoms with Gasteiger partial charge in [-0.25, -0.2) is 4.39 Å². The molecule has 4 nitrogen and oxygen atoms in total. The maximum Gasteiger partial charge on any atom is 0.392 e. The highest BCUT2D eigenvalue weighted by Gasteiger charge is 2.27. The summed E-state index contributed by atoms with van der Waals surface area (Å²) in [7, 11) is 0. The lowest BCUT2D eigenvalue weighted by molar-refractivity contribution is -0.139. The van der Waals surface area contributed by atoms with E-state index in [1.165, 1.54) is 12.3 Å². The third kappa shape index (κ3) is 4.73. The molecule has 0 aliphatic rings. The smallest absolute Gasteiger partial charge is 0.392 e. The maximum atomic E-state index is 13.2. The largest absolute Gasteiger partial charge is 0.491 e. The summed E-state index contributed by atoms with van der Waals surface area (Å²) in [4.78, 5) is 12.0. The van der Waals surface area contributed by atoms with Crippen LogP contribution in [-0.2, 0) is 0 Å². The molecule has 2 aromatic rings. The summed E-state index contributed by atoms with van der Waals surface area (Å²) in [6, 6.07) is 4.75. The Morgan fingerprint density at radius 1 is 1.30 bits per heavy atom. The molecule has 23 heavy (non-hydrogen) atoms. The van der Waals surface area contributed by atoms with Gasteiger partial charge < -0.3 is 14.5 Å². The van der Waals surface area contributed by atoms with Crippen LogP contribution >= 0.6 is 0 Å². The fourth-order valence-corrected chi connectivity index (χ4v) is 1.78. The molecule has 0 aliphatic carbocycles. The van der Waals surface area contributed by atoms with Crippen molar-refractivity contribution in [3.8, 4) is 5.75 Å². The van der Waals surface area contributed by atoms with Gasteiger partial charge in [0, 0.05) is 11.6 Å². The van der Waals surface area contributed by atoms with Crippen LogP contribution < -0.4 is 10.1 Å². The van der Waals surface area contributed by atoms with Gasteiger partial charge in [0.05, 0.1) is 25.0 Å². The fourth-order valence-electron chi connectivity index (χ4n) is 1.78. The third-order valence-corrected chi connectivity index (χ3v) is 2.90. The normalized spacial score (nSPS) is 11.3. The van der Waals surface area contributed by atoms with Gasteiger partial charge in [0.15, 0.2) is 5.76 Å². The Hall–Kier alpha value is -2.51. The topological polar surface area (TPSA) is 51.5 Å². The Morgan fingerprint density at radius 2 is 2.04 bits per heavy atom. The van der Waals surface area contributed by atoms with Crippen LogP contribution in [0.1, 0.15) is 22.5 Å². The van der Waals surface area contributed by atoms with E-state index in [4.69, 9.17) is 9.15 Å². The average Bonchev–Trinajstić information content (AvgIpc) is 2.86. The van der Waals surface area contributed by atoms with E-state index >= 15 is 0 Å². The van der Waals surface area contributed by atoms with Gasteiger partial charge in [-0.1, -0.05) is 0 Å². The van der Waals surface area contributed by atoms with E-state index < -0.39 is 30.9 Å². The summed E-state index contributed by atoms with van der Waals surface area (Å²) in [5.74, 6) is -1.44. The SMILES string of the molecule is Cc1ccoc1C(=O)Nc1ccc(F)cc1OCCC(F)(F)F. The summed E-state index contributed by atoms with van der Waals surface area (Å²) in [6.45, 7) is 0.972. The number of carbonyl (C=O) groups is 1. The molecule has 1 aromatic heterocycles. The highest BCUT2D eigenvalue weighted by molar-refractivity contribution is 6.03.